The normalized spacial score (nSPS) is 12.5. The summed E-state index contributed by atoms with van der Waals surface area (Å²) in [7, 11) is 0. The Hall–Kier alpha value is -5.82. The predicted octanol–water partition coefficient (Wildman–Crippen LogP) is 10.8. The summed E-state index contributed by atoms with van der Waals surface area (Å²) in [6, 6.07) is 55.5. The van der Waals surface area contributed by atoms with Crippen molar-refractivity contribution in [3.63, 3.8) is 0 Å². The number of hydrogen-bond acceptors (Lipinski definition) is 8. The van der Waals surface area contributed by atoms with Crippen molar-refractivity contribution in [2.45, 2.75) is 51.4 Å². The van der Waals surface area contributed by atoms with E-state index in [-0.39, 0.29) is 42.1 Å². The first-order chi connectivity index (χ1) is 30.8. The molecule has 0 saturated heterocycles. The van der Waals surface area contributed by atoms with Crippen molar-refractivity contribution < 1.29 is 42.1 Å². The number of pyridine rings is 2. The van der Waals surface area contributed by atoms with Gasteiger partial charge in [-0.25, -0.2) is 9.97 Å². The first-order valence-corrected chi connectivity index (χ1v) is 21.5. The second-order valence-corrected chi connectivity index (χ2v) is 15.3. The first-order valence-electron chi connectivity index (χ1n) is 21.5. The van der Waals surface area contributed by atoms with Crippen molar-refractivity contribution >= 4 is 34.4 Å². The summed E-state index contributed by atoms with van der Waals surface area (Å²) in [5, 5.41) is 17.4. The minimum atomic E-state index is 0. The average Bonchev–Trinajstić information content (AvgIpc) is 4.17. The third-order valence-corrected chi connectivity index (χ3v) is 11.0. The van der Waals surface area contributed by atoms with Gasteiger partial charge >= 0.3 is 0 Å². The molecule has 332 valence electrons. The molecule has 6 heterocycles. The van der Waals surface area contributed by atoms with E-state index in [1.165, 1.54) is 0 Å². The standard InChI is InChI=1S/2C26H24N5.2Pt/c2*1-4-11-21(12-5-1)24-19-22(28-29-24)13-6-3-9-18-30-20-31(23-14-7-2-8-15-23)26-25(30)16-10-17-27-26;;/h2*1-2,4-5,7-8,10-12,14,16-17,19-20H,3,6,9,13,18H2;;/q2*-3;;. The second kappa shape index (κ2) is 23.2. The van der Waals surface area contributed by atoms with Gasteiger partial charge in [0.1, 0.15) is 11.6 Å². The predicted molar refractivity (Wildman–Crippen MR) is 248 cm³/mol. The van der Waals surface area contributed by atoms with Gasteiger partial charge in [0, 0.05) is 77.3 Å². The zero-order valence-electron chi connectivity index (χ0n) is 35.3. The topological polar surface area (TPSA) is 92.7 Å². The van der Waals surface area contributed by atoms with Crippen LogP contribution in [0.3, 0.4) is 0 Å². The zero-order chi connectivity index (χ0) is 41.8. The van der Waals surface area contributed by atoms with Crippen molar-refractivity contribution in [1.82, 2.24) is 30.4 Å². The van der Waals surface area contributed by atoms with E-state index in [0.29, 0.717) is 0 Å². The van der Waals surface area contributed by atoms with Crippen LogP contribution in [-0.2, 0) is 55.0 Å². The van der Waals surface area contributed by atoms with Crippen LogP contribution in [0.1, 0.15) is 49.9 Å². The van der Waals surface area contributed by atoms with Crippen LogP contribution < -0.4 is 29.8 Å². The molecule has 0 N–H and O–H groups in total. The van der Waals surface area contributed by atoms with Crippen LogP contribution in [0.25, 0.3) is 22.5 Å². The van der Waals surface area contributed by atoms with Crippen molar-refractivity contribution in [3.8, 4) is 22.5 Å². The van der Waals surface area contributed by atoms with Crippen LogP contribution in [-0.4, -0.2) is 33.3 Å². The summed E-state index contributed by atoms with van der Waals surface area (Å²) in [6.45, 7) is 6.20. The number of rotatable bonds is 16. The molecule has 0 saturated carbocycles. The molecule has 0 fully saturated rings. The molecule has 0 aliphatic carbocycles. The van der Waals surface area contributed by atoms with Gasteiger partial charge in [0.25, 0.3) is 0 Å². The van der Waals surface area contributed by atoms with Crippen LogP contribution in [0.15, 0.2) is 158 Å². The monoisotopic (exact) mass is 1200 g/mol. The van der Waals surface area contributed by atoms with Gasteiger partial charge < -0.3 is 40.0 Å². The number of aromatic nitrogens is 6. The van der Waals surface area contributed by atoms with Crippen molar-refractivity contribution in [2.75, 3.05) is 32.7 Å². The van der Waals surface area contributed by atoms with Gasteiger partial charge in [-0.15, -0.1) is 22.8 Å². The number of anilines is 6. The van der Waals surface area contributed by atoms with Crippen LogP contribution >= 0.6 is 0 Å². The molecule has 4 aromatic carbocycles. The maximum atomic E-state index is 4.60. The molecule has 0 radical (unpaired) electrons. The fourth-order valence-corrected chi connectivity index (χ4v) is 7.83. The van der Waals surface area contributed by atoms with E-state index in [2.05, 4.69) is 136 Å². The summed E-state index contributed by atoms with van der Waals surface area (Å²) < 4.78 is 0. The molecule has 2 aliphatic rings. The molecular weight excluding hydrogens is 1150 g/mol. The number of fused-ring (bicyclic) bond motifs is 2. The molecule has 12 heteroatoms. The molecule has 4 aromatic heterocycles. The molecule has 2 aliphatic heterocycles. The van der Waals surface area contributed by atoms with Crippen LogP contribution in [0.4, 0.5) is 34.4 Å². The van der Waals surface area contributed by atoms with E-state index in [9.17, 15) is 0 Å². The Morgan fingerprint density at radius 2 is 0.906 bits per heavy atom. The molecule has 0 unspecified atom stereocenters. The van der Waals surface area contributed by atoms with Crippen LogP contribution in [0.5, 0.6) is 0 Å². The quantitative estimate of drug-likeness (QED) is 0.0688. The number of unbranched alkanes of at least 4 members (excludes halogenated alkanes) is 4. The Balaban J connectivity index is 0.000000186. The molecule has 0 atom stereocenters. The van der Waals surface area contributed by atoms with Crippen molar-refractivity contribution in [2.24, 2.45) is 0 Å². The summed E-state index contributed by atoms with van der Waals surface area (Å²) >= 11 is 0. The molecule has 0 spiro atoms. The van der Waals surface area contributed by atoms with Gasteiger partial charge in [0.2, 0.25) is 0 Å². The van der Waals surface area contributed by atoms with E-state index in [1.807, 2.05) is 97.3 Å². The van der Waals surface area contributed by atoms with Gasteiger partial charge in [-0.05, 0) is 87.0 Å². The van der Waals surface area contributed by atoms with Crippen molar-refractivity contribution in [3.05, 3.63) is 195 Å². The summed E-state index contributed by atoms with van der Waals surface area (Å²) in [5.74, 6) is 1.93. The smallest absolute Gasteiger partial charge is 0.124 e. The summed E-state index contributed by atoms with van der Waals surface area (Å²) in [6.07, 6.45) is 12.3. The molecule has 10 nitrogen and oxygen atoms in total. The zero-order valence-corrected chi connectivity index (χ0v) is 39.9. The molecule has 0 bridgehead atoms. The number of para-hydroxylation sites is 2. The molecule has 8 aromatic rings. The van der Waals surface area contributed by atoms with Crippen molar-refractivity contribution in [1.29, 1.82) is 0 Å². The number of hydrogen-bond donors (Lipinski definition) is 0. The Labute approximate surface area is 405 Å². The van der Waals surface area contributed by atoms with Crippen LogP contribution in [0, 0.1) is 25.5 Å². The Morgan fingerprint density at radius 3 is 1.33 bits per heavy atom. The SMILES string of the molecule is [Pt].[Pt].[c-]1ccccc1N1[CH-]N(CCCCCc2cc(-c3ccccc3)[n-]n2)c2cccnc21.[c-]1ccccc1N1[CH-]N(CCCCCc2cc(-c3ccccc3)[n-]n2)c2cccnc21. The van der Waals surface area contributed by atoms with E-state index in [1.54, 1.807) is 0 Å². The number of nitrogens with zero attached hydrogens (tertiary/aromatic N) is 10. The van der Waals surface area contributed by atoms with Crippen LogP contribution in [0.2, 0.25) is 0 Å². The molecular formula is C52H48N10Pt2-6. The van der Waals surface area contributed by atoms with Gasteiger partial charge in [0.05, 0.1) is 0 Å². The molecule has 0 amide bonds. The Morgan fingerprint density at radius 1 is 0.469 bits per heavy atom. The van der Waals surface area contributed by atoms with E-state index in [4.69, 9.17) is 0 Å². The number of benzene rings is 4. The molecule has 64 heavy (non-hydrogen) atoms. The van der Waals surface area contributed by atoms with Gasteiger partial charge in [-0.3, -0.25) is 0 Å². The second-order valence-electron chi connectivity index (χ2n) is 15.3. The van der Waals surface area contributed by atoms with Gasteiger partial charge in [-0.1, -0.05) is 85.6 Å². The fraction of sp³-hybridized carbons (Fsp3) is 0.192. The third kappa shape index (κ3) is 11.5. The molecule has 10 rings (SSSR count). The fourth-order valence-electron chi connectivity index (χ4n) is 7.83. The van der Waals surface area contributed by atoms with E-state index < -0.39 is 0 Å². The van der Waals surface area contributed by atoms with E-state index in [0.717, 1.165) is 133 Å². The minimum absolute atomic E-state index is 0. The minimum Gasteiger partial charge on any atom is -0.575 e. The maximum Gasteiger partial charge on any atom is 0.124 e. The first kappa shape index (κ1) is 46.2. The summed E-state index contributed by atoms with van der Waals surface area (Å²) in [5.41, 5.74) is 10.6. The third-order valence-electron chi connectivity index (χ3n) is 11.0. The van der Waals surface area contributed by atoms with E-state index >= 15 is 0 Å². The number of aryl methyl sites for hydroxylation is 2. The largest absolute Gasteiger partial charge is 0.575 e. The average molecular weight is 1200 g/mol. The van der Waals surface area contributed by atoms with Gasteiger partial charge in [0.15, 0.2) is 0 Å². The maximum absolute atomic E-state index is 4.60. The Bertz CT molecular complexity index is 2410. The van der Waals surface area contributed by atoms with Gasteiger partial charge in [-0.2, -0.15) is 74.0 Å². The summed E-state index contributed by atoms with van der Waals surface area (Å²) in [4.78, 5) is 18.0. The Kier molecular flexibility index (Phi) is 16.7.